The number of hydrogen-bond donors (Lipinski definition) is 0. The zero-order valence-electron chi connectivity index (χ0n) is 11.3. The third-order valence-corrected chi connectivity index (χ3v) is 3.44. The van der Waals surface area contributed by atoms with Gasteiger partial charge in [-0.2, -0.15) is 0 Å². The molecule has 0 radical (unpaired) electrons. The Kier molecular flexibility index (Phi) is 5.10. The number of halogens is 2. The molecule has 0 aliphatic carbocycles. The second-order valence-electron chi connectivity index (χ2n) is 4.19. The van der Waals surface area contributed by atoms with E-state index in [0.717, 1.165) is 6.42 Å². The zero-order valence-corrected chi connectivity index (χ0v) is 12.8. The van der Waals surface area contributed by atoms with Crippen LogP contribution in [0.4, 0.5) is 0 Å². The summed E-state index contributed by atoms with van der Waals surface area (Å²) in [7, 11) is 1.62. The minimum absolute atomic E-state index is 0.237. The highest BCUT2D eigenvalue weighted by Gasteiger charge is 2.08. The molecule has 0 saturated carbocycles. The third kappa shape index (κ3) is 3.56. The summed E-state index contributed by atoms with van der Waals surface area (Å²) in [6.45, 7) is 2.33. The summed E-state index contributed by atoms with van der Waals surface area (Å²) in [6, 6.07) is 9.19. The number of pyridine rings is 1. The van der Waals surface area contributed by atoms with Gasteiger partial charge in [0.1, 0.15) is 11.8 Å². The Bertz CT molecular complexity index is 602. The van der Waals surface area contributed by atoms with Crippen molar-refractivity contribution >= 4 is 23.2 Å². The number of aryl methyl sites for hydroxylation is 1. The molecule has 0 bridgehead atoms. The van der Waals surface area contributed by atoms with Crippen LogP contribution in [0.25, 0.3) is 0 Å². The molecule has 2 aromatic rings. The van der Waals surface area contributed by atoms with Gasteiger partial charge in [-0.25, -0.2) is 4.98 Å². The first-order valence-electron chi connectivity index (χ1n) is 6.24. The van der Waals surface area contributed by atoms with Gasteiger partial charge in [-0.1, -0.05) is 36.2 Å². The summed E-state index contributed by atoms with van der Waals surface area (Å²) in [5, 5.41) is 0.917. The van der Waals surface area contributed by atoms with Crippen molar-refractivity contribution in [2.24, 2.45) is 0 Å². The van der Waals surface area contributed by atoms with Crippen molar-refractivity contribution in [3.63, 3.8) is 0 Å². The van der Waals surface area contributed by atoms with Crippen LogP contribution in [0.15, 0.2) is 30.3 Å². The molecule has 0 aliphatic heterocycles. The average Bonchev–Trinajstić information content (AvgIpc) is 2.48. The predicted molar refractivity (Wildman–Crippen MR) is 81.0 cm³/mol. The molecule has 0 amide bonds. The van der Waals surface area contributed by atoms with Crippen LogP contribution in [0.1, 0.15) is 18.2 Å². The smallest absolute Gasteiger partial charge is 0.161 e. The van der Waals surface area contributed by atoms with Crippen molar-refractivity contribution in [2.75, 3.05) is 7.11 Å². The van der Waals surface area contributed by atoms with Gasteiger partial charge in [0, 0.05) is 0 Å². The lowest BCUT2D eigenvalue weighted by atomic mass is 10.1. The standard InChI is InChI=1S/C15H15Cl2NO2/c1-3-10-4-6-13(14(8-10)19-2)20-9-12-11(16)5-7-15(17)18-12/h4-8H,3,9H2,1-2H3. The van der Waals surface area contributed by atoms with E-state index in [0.29, 0.717) is 27.4 Å². The van der Waals surface area contributed by atoms with Gasteiger partial charge in [-0.3, -0.25) is 0 Å². The lowest BCUT2D eigenvalue weighted by molar-refractivity contribution is 0.280. The molecule has 1 aromatic heterocycles. The summed E-state index contributed by atoms with van der Waals surface area (Å²) in [5.74, 6) is 1.35. The topological polar surface area (TPSA) is 31.4 Å². The maximum atomic E-state index is 6.05. The van der Waals surface area contributed by atoms with Crippen molar-refractivity contribution in [3.8, 4) is 11.5 Å². The quantitative estimate of drug-likeness (QED) is 0.760. The molecule has 0 fully saturated rings. The molecule has 0 saturated heterocycles. The number of nitrogens with zero attached hydrogens (tertiary/aromatic N) is 1. The van der Waals surface area contributed by atoms with Crippen LogP contribution >= 0.6 is 23.2 Å². The van der Waals surface area contributed by atoms with E-state index in [1.807, 2.05) is 18.2 Å². The monoisotopic (exact) mass is 311 g/mol. The molecule has 5 heteroatoms. The predicted octanol–water partition coefficient (Wildman–Crippen LogP) is 4.54. The van der Waals surface area contributed by atoms with Crippen molar-refractivity contribution in [1.29, 1.82) is 0 Å². The molecule has 0 N–H and O–H groups in total. The third-order valence-electron chi connectivity index (χ3n) is 2.89. The largest absolute Gasteiger partial charge is 0.493 e. The number of aromatic nitrogens is 1. The molecule has 0 aliphatic rings. The van der Waals surface area contributed by atoms with E-state index in [9.17, 15) is 0 Å². The van der Waals surface area contributed by atoms with E-state index in [1.165, 1.54) is 5.56 Å². The fourth-order valence-corrected chi connectivity index (χ4v) is 2.08. The van der Waals surface area contributed by atoms with Crippen molar-refractivity contribution < 1.29 is 9.47 Å². The lowest BCUT2D eigenvalue weighted by Crippen LogP contribution is -2.01. The zero-order chi connectivity index (χ0) is 14.5. The molecule has 20 heavy (non-hydrogen) atoms. The number of methoxy groups -OCH3 is 1. The van der Waals surface area contributed by atoms with Gasteiger partial charge in [0.05, 0.1) is 17.8 Å². The van der Waals surface area contributed by atoms with Gasteiger partial charge < -0.3 is 9.47 Å². The van der Waals surface area contributed by atoms with E-state index < -0.39 is 0 Å². The molecule has 1 aromatic carbocycles. The second-order valence-corrected chi connectivity index (χ2v) is 4.98. The molecule has 1 heterocycles. The summed E-state index contributed by atoms with van der Waals surface area (Å²) < 4.78 is 11.0. The fraction of sp³-hybridized carbons (Fsp3) is 0.267. The summed E-state index contributed by atoms with van der Waals surface area (Å²) in [6.07, 6.45) is 0.943. The first-order chi connectivity index (χ1) is 9.63. The Hall–Kier alpha value is -1.45. The maximum absolute atomic E-state index is 6.05. The molecule has 0 unspecified atom stereocenters. The average molecular weight is 312 g/mol. The maximum Gasteiger partial charge on any atom is 0.161 e. The second kappa shape index (κ2) is 6.82. The minimum Gasteiger partial charge on any atom is -0.493 e. The van der Waals surface area contributed by atoms with Crippen LogP contribution in [0.2, 0.25) is 10.2 Å². The van der Waals surface area contributed by atoms with Gasteiger partial charge >= 0.3 is 0 Å². The Labute approximate surface area is 128 Å². The molecule has 0 spiro atoms. The van der Waals surface area contributed by atoms with Gasteiger partial charge in [-0.05, 0) is 36.2 Å². The first-order valence-corrected chi connectivity index (χ1v) is 7.00. The molecule has 106 valence electrons. The number of rotatable bonds is 5. The highest BCUT2D eigenvalue weighted by Crippen LogP contribution is 2.29. The Morgan fingerprint density at radius 3 is 2.60 bits per heavy atom. The Morgan fingerprint density at radius 1 is 1.10 bits per heavy atom. The molecular weight excluding hydrogens is 297 g/mol. The highest BCUT2D eigenvalue weighted by molar-refractivity contribution is 6.32. The Balaban J connectivity index is 2.16. The lowest BCUT2D eigenvalue weighted by Gasteiger charge is -2.12. The van der Waals surface area contributed by atoms with Crippen molar-refractivity contribution in [1.82, 2.24) is 4.98 Å². The van der Waals surface area contributed by atoms with Crippen LogP contribution in [0.3, 0.4) is 0 Å². The minimum atomic E-state index is 0.237. The fourth-order valence-electron chi connectivity index (χ4n) is 1.76. The Morgan fingerprint density at radius 2 is 1.90 bits per heavy atom. The summed E-state index contributed by atoms with van der Waals surface area (Å²) in [5.41, 5.74) is 1.79. The van der Waals surface area contributed by atoms with Crippen LogP contribution < -0.4 is 9.47 Å². The van der Waals surface area contributed by atoms with E-state index >= 15 is 0 Å². The first kappa shape index (κ1) is 14.9. The van der Waals surface area contributed by atoms with Crippen LogP contribution in [-0.2, 0) is 13.0 Å². The van der Waals surface area contributed by atoms with E-state index in [4.69, 9.17) is 32.7 Å². The normalized spacial score (nSPS) is 10.4. The van der Waals surface area contributed by atoms with Crippen LogP contribution in [0.5, 0.6) is 11.5 Å². The van der Waals surface area contributed by atoms with Crippen LogP contribution in [0, 0.1) is 0 Å². The van der Waals surface area contributed by atoms with Gasteiger partial charge in [-0.15, -0.1) is 0 Å². The molecule has 3 nitrogen and oxygen atoms in total. The van der Waals surface area contributed by atoms with Gasteiger partial charge in [0.25, 0.3) is 0 Å². The SMILES string of the molecule is CCc1ccc(OCc2nc(Cl)ccc2Cl)c(OC)c1. The number of benzene rings is 1. The summed E-state index contributed by atoms with van der Waals surface area (Å²) >= 11 is 11.9. The number of ether oxygens (including phenoxy) is 2. The number of hydrogen-bond acceptors (Lipinski definition) is 3. The highest BCUT2D eigenvalue weighted by atomic mass is 35.5. The molecular formula is C15H15Cl2NO2. The van der Waals surface area contributed by atoms with Gasteiger partial charge in [0.2, 0.25) is 0 Å². The van der Waals surface area contributed by atoms with E-state index in [2.05, 4.69) is 11.9 Å². The van der Waals surface area contributed by atoms with Gasteiger partial charge in [0.15, 0.2) is 11.5 Å². The molecule has 0 atom stereocenters. The van der Waals surface area contributed by atoms with Crippen molar-refractivity contribution in [2.45, 2.75) is 20.0 Å². The molecule has 2 rings (SSSR count). The van der Waals surface area contributed by atoms with Crippen LogP contribution in [-0.4, -0.2) is 12.1 Å². The summed E-state index contributed by atoms with van der Waals surface area (Å²) in [4.78, 5) is 4.14. The van der Waals surface area contributed by atoms with E-state index in [-0.39, 0.29) is 6.61 Å². The van der Waals surface area contributed by atoms with Crippen molar-refractivity contribution in [3.05, 3.63) is 51.8 Å². The van der Waals surface area contributed by atoms with E-state index in [1.54, 1.807) is 19.2 Å².